The molecule has 0 spiro atoms. The van der Waals surface area contributed by atoms with Gasteiger partial charge in [-0.15, -0.1) is 0 Å². The third kappa shape index (κ3) is 1.14. The second-order valence-corrected chi connectivity index (χ2v) is 1.89. The summed E-state index contributed by atoms with van der Waals surface area (Å²) in [6, 6.07) is 0. The molecule has 4 heteroatoms. The first-order chi connectivity index (χ1) is 4.22. The summed E-state index contributed by atoms with van der Waals surface area (Å²) in [7, 11) is 0. The lowest BCUT2D eigenvalue weighted by atomic mass is 10.2. The van der Waals surface area contributed by atoms with E-state index in [4.69, 9.17) is 15.3 Å². The Labute approximate surface area is 52.0 Å². The van der Waals surface area contributed by atoms with E-state index in [2.05, 4.69) is 4.74 Å². The molecule has 0 bridgehead atoms. The Bertz CT molecular complexity index is 131. The lowest BCUT2D eigenvalue weighted by Crippen LogP contribution is -2.34. The maximum Gasteiger partial charge on any atom is 0.158 e. The van der Waals surface area contributed by atoms with Gasteiger partial charge in [0.1, 0.15) is 25.1 Å². The summed E-state index contributed by atoms with van der Waals surface area (Å²) >= 11 is 0. The smallest absolute Gasteiger partial charge is 0.158 e. The lowest BCUT2D eigenvalue weighted by molar-refractivity contribution is -0.0403. The summed E-state index contributed by atoms with van der Waals surface area (Å²) in [5.74, 6) is -0.325. The van der Waals surface area contributed by atoms with Crippen molar-refractivity contribution in [2.75, 3.05) is 6.61 Å². The van der Waals surface area contributed by atoms with Crippen molar-refractivity contribution in [3.63, 3.8) is 0 Å². The van der Waals surface area contributed by atoms with Crippen LogP contribution in [0.5, 0.6) is 0 Å². The maximum absolute atomic E-state index is 8.80. The molecule has 1 heterocycles. The van der Waals surface area contributed by atoms with Gasteiger partial charge in [0.05, 0.1) is 0 Å². The molecule has 9 heavy (non-hydrogen) atoms. The largest absolute Gasteiger partial charge is 0.506 e. The molecule has 0 aromatic heterocycles. The number of hydrogen-bond acceptors (Lipinski definition) is 4. The molecule has 0 radical (unpaired) electrons. The van der Waals surface area contributed by atoms with Gasteiger partial charge in [-0.05, 0) is 0 Å². The van der Waals surface area contributed by atoms with Gasteiger partial charge in [-0.1, -0.05) is 0 Å². The van der Waals surface area contributed by atoms with Crippen molar-refractivity contribution in [3.8, 4) is 0 Å². The minimum Gasteiger partial charge on any atom is -0.506 e. The molecule has 0 unspecified atom stereocenters. The minimum absolute atomic E-state index is 0.0330. The van der Waals surface area contributed by atoms with Crippen LogP contribution >= 0.6 is 0 Å². The fourth-order valence-corrected chi connectivity index (χ4v) is 0.590. The molecule has 0 aromatic carbocycles. The van der Waals surface area contributed by atoms with Gasteiger partial charge in [0, 0.05) is 0 Å². The van der Waals surface area contributed by atoms with Crippen LogP contribution in [0.25, 0.3) is 0 Å². The number of aliphatic hydroxyl groups excluding tert-OH is 3. The molecular formula is C5H8O4. The van der Waals surface area contributed by atoms with E-state index in [0.29, 0.717) is 0 Å². The first kappa shape index (κ1) is 6.38. The molecule has 2 atom stereocenters. The molecule has 1 rings (SSSR count). The maximum atomic E-state index is 8.80. The van der Waals surface area contributed by atoms with Crippen molar-refractivity contribution in [1.29, 1.82) is 0 Å². The van der Waals surface area contributed by atoms with Crippen LogP contribution in [0.3, 0.4) is 0 Å². The lowest BCUT2D eigenvalue weighted by Gasteiger charge is -2.20. The fraction of sp³-hybridized carbons (Fsp3) is 0.600. The molecule has 0 saturated heterocycles. The van der Waals surface area contributed by atoms with Gasteiger partial charge in [0.15, 0.2) is 5.76 Å². The Balaban J connectivity index is 2.62. The van der Waals surface area contributed by atoms with Crippen molar-refractivity contribution < 1.29 is 20.1 Å². The molecule has 0 saturated carbocycles. The first-order valence-corrected chi connectivity index (χ1v) is 2.58. The van der Waals surface area contributed by atoms with Crippen LogP contribution in [0.2, 0.25) is 0 Å². The minimum atomic E-state index is -1.18. The van der Waals surface area contributed by atoms with Gasteiger partial charge in [-0.3, -0.25) is 0 Å². The van der Waals surface area contributed by atoms with Gasteiger partial charge in [-0.2, -0.15) is 0 Å². The number of hydrogen-bond donors (Lipinski definition) is 3. The number of aliphatic hydroxyl groups is 3. The van der Waals surface area contributed by atoms with Crippen molar-refractivity contribution in [3.05, 3.63) is 12.0 Å². The topological polar surface area (TPSA) is 69.9 Å². The SMILES string of the molecule is OC1=COC[C@H](O)[C@H]1O. The molecule has 1 aliphatic heterocycles. The zero-order valence-corrected chi connectivity index (χ0v) is 4.69. The van der Waals surface area contributed by atoms with Crippen LogP contribution in [0.1, 0.15) is 0 Å². The Morgan fingerprint density at radius 2 is 2.22 bits per heavy atom. The van der Waals surface area contributed by atoms with Crippen molar-refractivity contribution in [1.82, 2.24) is 0 Å². The molecule has 4 nitrogen and oxygen atoms in total. The zero-order valence-electron chi connectivity index (χ0n) is 4.69. The molecule has 1 aliphatic rings. The Morgan fingerprint density at radius 3 is 2.67 bits per heavy atom. The third-order valence-corrected chi connectivity index (χ3v) is 1.14. The second kappa shape index (κ2) is 2.24. The number of ether oxygens (including phenoxy) is 1. The summed E-state index contributed by atoms with van der Waals surface area (Å²) in [5, 5.41) is 26.2. The molecule has 0 fully saturated rings. The van der Waals surface area contributed by atoms with Crippen LogP contribution in [-0.4, -0.2) is 34.1 Å². The summed E-state index contributed by atoms with van der Waals surface area (Å²) in [4.78, 5) is 0. The van der Waals surface area contributed by atoms with Crippen LogP contribution in [-0.2, 0) is 4.74 Å². The van der Waals surface area contributed by atoms with E-state index in [9.17, 15) is 0 Å². The first-order valence-electron chi connectivity index (χ1n) is 2.58. The van der Waals surface area contributed by atoms with E-state index in [1.807, 2.05) is 0 Å². The molecule has 3 N–H and O–H groups in total. The van der Waals surface area contributed by atoms with Gasteiger partial charge in [0.2, 0.25) is 0 Å². The predicted molar refractivity (Wildman–Crippen MR) is 28.7 cm³/mol. The highest BCUT2D eigenvalue weighted by Gasteiger charge is 2.24. The molecule has 0 aliphatic carbocycles. The molecule has 52 valence electrons. The van der Waals surface area contributed by atoms with Crippen molar-refractivity contribution >= 4 is 0 Å². The normalized spacial score (nSPS) is 35.1. The summed E-state index contributed by atoms with van der Waals surface area (Å²) in [6.07, 6.45) is -1.16. The monoisotopic (exact) mass is 132 g/mol. The summed E-state index contributed by atoms with van der Waals surface area (Å²) in [6.45, 7) is 0.0330. The number of rotatable bonds is 0. The second-order valence-electron chi connectivity index (χ2n) is 1.89. The van der Waals surface area contributed by atoms with Crippen molar-refractivity contribution in [2.24, 2.45) is 0 Å². The zero-order chi connectivity index (χ0) is 6.85. The molecular weight excluding hydrogens is 124 g/mol. The van der Waals surface area contributed by atoms with E-state index in [0.717, 1.165) is 6.26 Å². The van der Waals surface area contributed by atoms with Crippen LogP contribution in [0.15, 0.2) is 12.0 Å². The van der Waals surface area contributed by atoms with Crippen LogP contribution in [0.4, 0.5) is 0 Å². The quantitative estimate of drug-likeness (QED) is 0.401. The third-order valence-electron chi connectivity index (χ3n) is 1.14. The highest BCUT2D eigenvalue weighted by Crippen LogP contribution is 2.09. The van der Waals surface area contributed by atoms with Gasteiger partial charge in [0.25, 0.3) is 0 Å². The highest BCUT2D eigenvalue weighted by atomic mass is 16.5. The predicted octanol–water partition coefficient (Wildman–Crippen LogP) is -0.862. The average molecular weight is 132 g/mol. The van der Waals surface area contributed by atoms with E-state index in [1.165, 1.54) is 0 Å². The Hall–Kier alpha value is -0.740. The summed E-state index contributed by atoms with van der Waals surface area (Å²) < 4.78 is 4.54. The van der Waals surface area contributed by atoms with E-state index in [-0.39, 0.29) is 12.4 Å². The summed E-state index contributed by atoms with van der Waals surface area (Å²) in [5.41, 5.74) is 0. The average Bonchev–Trinajstić information content (AvgIpc) is 1.83. The molecule has 0 aromatic rings. The van der Waals surface area contributed by atoms with Crippen LogP contribution < -0.4 is 0 Å². The molecule has 0 amide bonds. The standard InChI is InChI=1S/C5H8O4/c6-3-1-9-2-4(7)5(3)8/h1,4-8H,2H2/t4-,5-/m0/s1. The van der Waals surface area contributed by atoms with E-state index < -0.39 is 12.2 Å². The van der Waals surface area contributed by atoms with Gasteiger partial charge >= 0.3 is 0 Å². The Morgan fingerprint density at radius 1 is 1.56 bits per heavy atom. The van der Waals surface area contributed by atoms with Crippen LogP contribution in [0, 0.1) is 0 Å². The highest BCUT2D eigenvalue weighted by molar-refractivity contribution is 5.00. The van der Waals surface area contributed by atoms with Crippen molar-refractivity contribution in [2.45, 2.75) is 12.2 Å². The van der Waals surface area contributed by atoms with E-state index in [1.54, 1.807) is 0 Å². The van der Waals surface area contributed by atoms with E-state index >= 15 is 0 Å². The van der Waals surface area contributed by atoms with Gasteiger partial charge < -0.3 is 20.1 Å². The fourth-order valence-electron chi connectivity index (χ4n) is 0.590. The Kier molecular flexibility index (Phi) is 1.59. The van der Waals surface area contributed by atoms with Gasteiger partial charge in [-0.25, -0.2) is 0 Å².